The van der Waals surface area contributed by atoms with Gasteiger partial charge in [0.15, 0.2) is 0 Å². The summed E-state index contributed by atoms with van der Waals surface area (Å²) in [7, 11) is 2.82. The molecule has 4 heterocycles. The van der Waals surface area contributed by atoms with E-state index in [9.17, 15) is 38.7 Å². The third-order valence-electron chi connectivity index (χ3n) is 22.3. The lowest BCUT2D eigenvalue weighted by Gasteiger charge is -2.37. The Balaban J connectivity index is 0.871. The molecule has 0 radical (unpaired) electrons. The summed E-state index contributed by atoms with van der Waals surface area (Å²) < 4.78 is 29.9. The molecule has 12 atom stereocenters. The Morgan fingerprint density at radius 2 is 0.992 bits per heavy atom. The highest BCUT2D eigenvalue weighted by molar-refractivity contribution is 5.99. The van der Waals surface area contributed by atoms with E-state index in [4.69, 9.17) is 23.4 Å². The lowest BCUT2D eigenvalue weighted by Crippen LogP contribution is -2.61. The summed E-state index contributed by atoms with van der Waals surface area (Å²) in [5, 5.41) is 46.9. The summed E-state index contributed by atoms with van der Waals surface area (Å²) in [5.74, 6) is -7.32. The fourth-order valence-corrected chi connectivity index (χ4v) is 15.1. The van der Waals surface area contributed by atoms with E-state index < -0.39 is 160 Å². The van der Waals surface area contributed by atoms with Crippen LogP contribution >= 0.6 is 0 Å². The van der Waals surface area contributed by atoms with Crippen LogP contribution in [0.3, 0.4) is 0 Å². The van der Waals surface area contributed by atoms with Gasteiger partial charge in [-0.15, -0.1) is 16.8 Å². The minimum absolute atomic E-state index is 0.0643. The van der Waals surface area contributed by atoms with Gasteiger partial charge in [0.25, 0.3) is 0 Å². The quantitative estimate of drug-likeness (QED) is 0.0171. The molecule has 0 bridgehead atoms. The van der Waals surface area contributed by atoms with Crippen LogP contribution in [0.5, 0.6) is 11.5 Å². The maximum atomic E-state index is 15.6. The van der Waals surface area contributed by atoms with Crippen molar-refractivity contribution in [2.45, 2.75) is 226 Å². The average molecular weight is 1750 g/mol. The molecule has 2 aliphatic heterocycles. The first-order valence-electron chi connectivity index (χ1n) is 42.5. The number of nitrogens with zero attached hydrogens (tertiary/aromatic N) is 8. The molecule has 127 heavy (non-hydrogen) atoms. The van der Waals surface area contributed by atoms with Crippen LogP contribution in [-0.2, 0) is 84.9 Å². The second-order valence-electron chi connectivity index (χ2n) is 36.8. The van der Waals surface area contributed by atoms with Gasteiger partial charge in [0.2, 0.25) is 53.1 Å². The number of likely N-dealkylation sites (N-methyl/N-ethyl adjacent to an activating group) is 2. The van der Waals surface area contributed by atoms with Gasteiger partial charge in [-0.3, -0.25) is 48.2 Å². The molecule has 2 fully saturated rings. The highest BCUT2D eigenvalue weighted by Crippen LogP contribution is 2.35. The largest absolute Gasteiger partial charge is 0.490 e. The first-order valence-corrected chi connectivity index (χ1v) is 42.5. The fraction of sp³-hybridized carbons (Fsp3) is 0.457. The second-order valence-corrected chi connectivity index (χ2v) is 36.8. The van der Waals surface area contributed by atoms with Crippen LogP contribution < -0.4 is 47.1 Å². The summed E-state index contributed by atoms with van der Waals surface area (Å²) >= 11 is 0. The van der Waals surface area contributed by atoms with Crippen molar-refractivity contribution in [2.75, 3.05) is 33.8 Å². The number of nitrogens with one attached hydrogen (secondary N) is 7. The predicted molar refractivity (Wildman–Crippen MR) is 474 cm³/mol. The minimum atomic E-state index is -1.54. The summed E-state index contributed by atoms with van der Waals surface area (Å²) in [6, 6.07) is 26.5. The molecule has 0 aliphatic carbocycles. The number of likely N-dealkylation sites (tertiary alicyclic amines) is 2. The molecule has 33 heteroatoms. The van der Waals surface area contributed by atoms with Crippen molar-refractivity contribution in [1.29, 1.82) is 0 Å². The summed E-state index contributed by atoms with van der Waals surface area (Å²) in [6.45, 7) is 31.3. The van der Waals surface area contributed by atoms with Gasteiger partial charge in [-0.05, 0) is 153 Å². The number of fused-ring (bicyclic) bond motifs is 2. The Kier molecular flexibility index (Phi) is 31.2. The number of carbonyl (C=O) groups excluding carboxylic acids is 10. The third-order valence-corrected chi connectivity index (χ3v) is 22.3. The first kappa shape index (κ1) is 96.0. The van der Waals surface area contributed by atoms with E-state index in [1.165, 1.54) is 42.4 Å². The van der Waals surface area contributed by atoms with E-state index in [1.807, 2.05) is 84.9 Å². The van der Waals surface area contributed by atoms with Crippen molar-refractivity contribution in [3.8, 4) is 11.5 Å². The Labute approximate surface area is 738 Å². The first-order chi connectivity index (χ1) is 59.8. The highest BCUT2D eigenvalue weighted by atomic mass is 16.6. The van der Waals surface area contributed by atoms with Crippen molar-refractivity contribution in [3.63, 3.8) is 0 Å². The predicted octanol–water partition coefficient (Wildman–Crippen LogP) is 9.58. The smallest absolute Gasteiger partial charge is 0.434 e. The molecule has 8 N–H and O–H groups in total. The Hall–Kier alpha value is -13.2. The maximum Gasteiger partial charge on any atom is 0.434 e. The molecule has 0 saturated carbocycles. The number of rotatable bonds is 35. The van der Waals surface area contributed by atoms with Gasteiger partial charge in [0, 0.05) is 59.3 Å². The van der Waals surface area contributed by atoms with E-state index in [2.05, 4.69) is 65.6 Å². The zero-order chi connectivity index (χ0) is 92.7. The van der Waals surface area contributed by atoms with Gasteiger partial charge in [-0.25, -0.2) is 29.0 Å². The standard InChI is InChI=1S/C94H119N15O18/c1-19-25-61-49-74(107(51-61)85(116)76(91(5,6)7)99-78(110)55(3)105(17)89(121)126-93(11,12)13)82(114)95-71(48-60-31-37-63-27-22-24-29-65(63)44-60)81(113)98-73(87(118)119)46-58-34-40-69(41-35-58)124-54-66-52-109(104-101-66)67-50-75(108(53-67)86(117)77(92(8,9)10)100-79(111)56(4)106(18)90(122)127-94(14,15)16)83(115)96-70(47-59-30-36-62-26-21-23-28-64(62)43-59)80(112)97-72(84-102-103-88(120)125-84)45-57-32-38-68(39-33-57)123-42-20-2/h19-24,26-41,43-44,52,55-56,61,67,70-77H,1-2,25,42,45-51,53-54H2,3-18H3,(H,95,114)(H,96,115)(H,97,112)(H,98,113)(H,99,110)(H,100,111)(H,103,120)(H,118,119)/t55-,56-,61-,67-,70-,71-,72-,73?,74-,75-,76+,77+/m0/s1. The molecule has 10 amide bonds. The van der Waals surface area contributed by atoms with Crippen LogP contribution in [0.4, 0.5) is 9.59 Å². The van der Waals surface area contributed by atoms with Crippen LogP contribution in [0.1, 0.15) is 162 Å². The number of H-pyrrole nitrogens is 1. The Bertz CT molecular complexity index is 5370. The Morgan fingerprint density at radius 3 is 1.45 bits per heavy atom. The SMILES string of the molecule is C=CCOc1ccc(C[C@H](NC(=O)[C@H](Cc2ccc3ccccc3c2)NC(=O)[C@@H]2C[C@H](n3cc(COc4ccc(CC(NC(=O)[C@H](Cc5ccc6ccccc6c5)NC(=O)[C@@H]5C[C@H](CC=C)CN5C(=O)[C@@H](NC(=O)[C@H](C)N(C)C(=O)OC(C)(C)C)C(C)(C)C)C(=O)O)cc4)nn3)CN2C(=O)[C@@H](NC(=O)[C@H](C)N(C)C(=O)OC(C)(C)C)C(C)(C)C)c2n[nH]c(=O)o2)cc1. The van der Waals surface area contributed by atoms with Gasteiger partial charge >= 0.3 is 23.9 Å². The van der Waals surface area contributed by atoms with Crippen molar-refractivity contribution in [2.24, 2.45) is 16.7 Å². The van der Waals surface area contributed by atoms with E-state index in [1.54, 1.807) is 150 Å². The number of carboxylic acids is 1. The molecule has 6 aromatic carbocycles. The number of amides is 10. The van der Waals surface area contributed by atoms with Gasteiger partial charge in [0.1, 0.15) is 102 Å². The number of carbonyl (C=O) groups is 11. The monoisotopic (exact) mass is 1750 g/mol. The molecule has 33 nitrogen and oxygen atoms in total. The number of benzene rings is 6. The van der Waals surface area contributed by atoms with Crippen molar-refractivity contribution in [3.05, 3.63) is 209 Å². The lowest BCUT2D eigenvalue weighted by molar-refractivity contribution is -0.145. The molecule has 2 saturated heterocycles. The molecular weight excluding hydrogens is 1630 g/mol. The lowest BCUT2D eigenvalue weighted by atomic mass is 9.85. The molecule has 1 unspecified atom stereocenters. The molecular formula is C94H119N15O18. The number of aliphatic carboxylic acids is 1. The number of aromatic amines is 1. The van der Waals surface area contributed by atoms with Crippen LogP contribution in [0.15, 0.2) is 174 Å². The summed E-state index contributed by atoms with van der Waals surface area (Å²) in [5.41, 5.74) is -0.948. The molecule has 10 rings (SSSR count). The summed E-state index contributed by atoms with van der Waals surface area (Å²) in [6.07, 6.45) is 3.52. The fourth-order valence-electron chi connectivity index (χ4n) is 15.1. The molecule has 0 spiro atoms. The number of carboxylic acid groups (broad SMARTS) is 1. The zero-order valence-corrected chi connectivity index (χ0v) is 75.0. The van der Waals surface area contributed by atoms with Crippen molar-refractivity contribution in [1.82, 2.24) is 76.7 Å². The van der Waals surface area contributed by atoms with Crippen LogP contribution in [0.2, 0.25) is 0 Å². The van der Waals surface area contributed by atoms with Gasteiger partial charge in [0.05, 0.1) is 12.2 Å². The second kappa shape index (κ2) is 41.3. The highest BCUT2D eigenvalue weighted by Gasteiger charge is 2.49. The van der Waals surface area contributed by atoms with E-state index in [0.29, 0.717) is 45.9 Å². The van der Waals surface area contributed by atoms with E-state index in [0.717, 1.165) is 31.3 Å². The Morgan fingerprint density at radius 1 is 0.543 bits per heavy atom. The van der Waals surface area contributed by atoms with E-state index in [-0.39, 0.29) is 76.6 Å². The van der Waals surface area contributed by atoms with Crippen LogP contribution in [0, 0.1) is 16.7 Å². The van der Waals surface area contributed by atoms with Crippen LogP contribution in [-0.4, -0.2) is 215 Å². The summed E-state index contributed by atoms with van der Waals surface area (Å²) in [4.78, 5) is 177. The number of hydrogen-bond donors (Lipinski definition) is 8. The molecule has 2 aromatic heterocycles. The van der Waals surface area contributed by atoms with Crippen molar-refractivity contribution < 1.29 is 81.2 Å². The topological polar surface area (TPSA) is 420 Å². The number of ether oxygens (including phenoxy) is 4. The number of aromatic nitrogens is 5. The number of hydrogen-bond acceptors (Lipinski definition) is 20. The molecule has 2 aliphatic rings. The van der Waals surface area contributed by atoms with Gasteiger partial charge in [-0.1, -0.05) is 175 Å². The maximum absolute atomic E-state index is 15.6. The van der Waals surface area contributed by atoms with Gasteiger partial charge < -0.3 is 70.2 Å². The third kappa shape index (κ3) is 26.0. The van der Waals surface area contributed by atoms with Gasteiger partial charge in [-0.2, -0.15) is 0 Å². The minimum Gasteiger partial charge on any atom is -0.490 e. The van der Waals surface area contributed by atoms with Crippen molar-refractivity contribution >= 4 is 87.0 Å². The number of allylic oxidation sites excluding steroid dienone is 1. The molecule has 678 valence electrons. The molecule has 8 aromatic rings. The average Bonchev–Trinajstić information content (AvgIpc) is 1.65. The normalized spacial score (nSPS) is 17.3. The van der Waals surface area contributed by atoms with E-state index >= 15 is 24.0 Å². The zero-order valence-electron chi connectivity index (χ0n) is 75.0. The van der Waals surface area contributed by atoms with Crippen LogP contribution in [0.25, 0.3) is 21.5 Å².